The third-order valence-corrected chi connectivity index (χ3v) is 5.93. The van der Waals surface area contributed by atoms with Gasteiger partial charge < -0.3 is 9.47 Å². The monoisotopic (exact) mass is 481 g/mol. The number of anilines is 1. The zero-order valence-corrected chi connectivity index (χ0v) is 20.1. The first kappa shape index (κ1) is 25.9. The minimum atomic E-state index is -0.879. The van der Waals surface area contributed by atoms with Crippen molar-refractivity contribution in [3.63, 3.8) is 0 Å². The molecule has 35 heavy (non-hydrogen) atoms. The molecule has 0 bridgehead atoms. The standard InChI is InChI=1S/C26H31N3O6/c1-3-35-26(31)28(22-12-9-13-23(29(32)33)24(22)25(30)34-2)17-8-7-16-27-18-14-21(15-19-27)20-10-5-4-6-11-20/h4-6,9-14H,3,7-8,15-19H2,1-2H3. The van der Waals surface area contributed by atoms with E-state index in [2.05, 4.69) is 23.1 Å². The van der Waals surface area contributed by atoms with Crippen LogP contribution in [0.5, 0.6) is 0 Å². The van der Waals surface area contributed by atoms with Crippen LogP contribution in [-0.4, -0.2) is 61.8 Å². The van der Waals surface area contributed by atoms with Crippen molar-refractivity contribution in [1.29, 1.82) is 0 Å². The van der Waals surface area contributed by atoms with E-state index in [9.17, 15) is 19.7 Å². The van der Waals surface area contributed by atoms with Crippen molar-refractivity contribution in [3.8, 4) is 0 Å². The summed E-state index contributed by atoms with van der Waals surface area (Å²) in [4.78, 5) is 39.6. The highest BCUT2D eigenvalue weighted by atomic mass is 16.6. The van der Waals surface area contributed by atoms with E-state index in [-0.39, 0.29) is 24.4 Å². The number of rotatable bonds is 10. The molecule has 0 unspecified atom stereocenters. The SMILES string of the molecule is CCOC(=O)N(CCCCN1CC=C(c2ccccc2)CC1)c1cccc([N+](=O)[O-])c1C(=O)OC. The van der Waals surface area contributed by atoms with Crippen LogP contribution in [0.3, 0.4) is 0 Å². The van der Waals surface area contributed by atoms with E-state index in [0.29, 0.717) is 6.42 Å². The quantitative estimate of drug-likeness (QED) is 0.205. The topological polar surface area (TPSA) is 102 Å². The fourth-order valence-electron chi connectivity index (χ4n) is 4.16. The fourth-order valence-corrected chi connectivity index (χ4v) is 4.16. The molecule has 0 atom stereocenters. The van der Waals surface area contributed by atoms with Crippen LogP contribution in [-0.2, 0) is 9.47 Å². The first-order valence-corrected chi connectivity index (χ1v) is 11.7. The Hall–Kier alpha value is -3.72. The molecule has 0 saturated heterocycles. The van der Waals surface area contributed by atoms with Gasteiger partial charge in [0.1, 0.15) is 0 Å². The van der Waals surface area contributed by atoms with Gasteiger partial charge in [-0.1, -0.05) is 42.5 Å². The molecular weight excluding hydrogens is 450 g/mol. The molecule has 2 aromatic rings. The molecule has 0 spiro atoms. The number of hydrogen-bond donors (Lipinski definition) is 0. The van der Waals surface area contributed by atoms with Gasteiger partial charge in [0.2, 0.25) is 0 Å². The zero-order chi connectivity index (χ0) is 25.2. The second kappa shape index (κ2) is 12.7. The molecule has 186 valence electrons. The minimum Gasteiger partial charge on any atom is -0.465 e. The van der Waals surface area contributed by atoms with E-state index in [1.165, 1.54) is 34.2 Å². The fraction of sp³-hybridized carbons (Fsp3) is 0.385. The summed E-state index contributed by atoms with van der Waals surface area (Å²) in [6.45, 7) is 4.75. The Morgan fingerprint density at radius 2 is 1.89 bits per heavy atom. The maximum atomic E-state index is 12.7. The molecule has 0 aromatic heterocycles. The highest BCUT2D eigenvalue weighted by Gasteiger charge is 2.30. The molecular formula is C26H31N3O6. The summed E-state index contributed by atoms with van der Waals surface area (Å²) in [5.74, 6) is -0.879. The number of nitro groups is 1. The summed E-state index contributed by atoms with van der Waals surface area (Å²) >= 11 is 0. The highest BCUT2D eigenvalue weighted by Crippen LogP contribution is 2.31. The molecule has 3 rings (SSSR count). The molecule has 1 aliphatic heterocycles. The number of nitrogens with zero attached hydrogens (tertiary/aromatic N) is 3. The summed E-state index contributed by atoms with van der Waals surface area (Å²) in [6, 6.07) is 14.5. The number of hydrogen-bond acceptors (Lipinski definition) is 7. The van der Waals surface area contributed by atoms with Crippen LogP contribution in [0.15, 0.2) is 54.6 Å². The number of carbonyl (C=O) groups is 2. The van der Waals surface area contributed by atoms with Gasteiger partial charge in [-0.05, 0) is 49.9 Å². The Labute approximate surface area is 205 Å². The molecule has 1 aliphatic rings. The molecule has 1 heterocycles. The van der Waals surface area contributed by atoms with Crippen LogP contribution < -0.4 is 4.90 Å². The Morgan fingerprint density at radius 1 is 1.11 bits per heavy atom. The second-order valence-electron chi connectivity index (χ2n) is 8.12. The van der Waals surface area contributed by atoms with Gasteiger partial charge in [-0.2, -0.15) is 0 Å². The van der Waals surface area contributed by atoms with Crippen LogP contribution >= 0.6 is 0 Å². The van der Waals surface area contributed by atoms with Crippen molar-refractivity contribution in [2.45, 2.75) is 26.2 Å². The normalized spacial score (nSPS) is 13.6. The van der Waals surface area contributed by atoms with E-state index < -0.39 is 22.7 Å². The number of unbranched alkanes of at least 4 members (excludes halogenated alkanes) is 1. The van der Waals surface area contributed by atoms with Crippen LogP contribution in [0, 0.1) is 10.1 Å². The van der Waals surface area contributed by atoms with Crippen molar-refractivity contribution in [3.05, 3.63) is 75.8 Å². The van der Waals surface area contributed by atoms with E-state index in [4.69, 9.17) is 9.47 Å². The second-order valence-corrected chi connectivity index (χ2v) is 8.12. The van der Waals surface area contributed by atoms with Gasteiger partial charge in [-0.15, -0.1) is 0 Å². The smallest absolute Gasteiger partial charge is 0.414 e. The Morgan fingerprint density at radius 3 is 2.51 bits per heavy atom. The van der Waals surface area contributed by atoms with Crippen molar-refractivity contribution in [2.75, 3.05) is 44.8 Å². The molecule has 0 N–H and O–H groups in total. The zero-order valence-electron chi connectivity index (χ0n) is 20.1. The first-order valence-electron chi connectivity index (χ1n) is 11.7. The maximum Gasteiger partial charge on any atom is 0.414 e. The number of ether oxygens (including phenoxy) is 2. The van der Waals surface area contributed by atoms with Gasteiger partial charge in [0.05, 0.1) is 24.3 Å². The van der Waals surface area contributed by atoms with E-state index >= 15 is 0 Å². The summed E-state index contributed by atoms with van der Waals surface area (Å²) in [7, 11) is 1.15. The van der Waals surface area contributed by atoms with Crippen molar-refractivity contribution >= 4 is 29.0 Å². The Kier molecular flexibility index (Phi) is 9.37. The lowest BCUT2D eigenvalue weighted by atomic mass is 9.99. The number of methoxy groups -OCH3 is 1. The van der Waals surface area contributed by atoms with Gasteiger partial charge in [0, 0.05) is 25.7 Å². The predicted molar refractivity (Wildman–Crippen MR) is 134 cm³/mol. The van der Waals surface area contributed by atoms with Crippen molar-refractivity contribution in [1.82, 2.24) is 4.90 Å². The largest absolute Gasteiger partial charge is 0.465 e. The molecule has 0 aliphatic carbocycles. The van der Waals surface area contributed by atoms with Gasteiger partial charge >= 0.3 is 12.1 Å². The number of amides is 1. The maximum absolute atomic E-state index is 12.7. The van der Waals surface area contributed by atoms with Gasteiger partial charge in [0.15, 0.2) is 5.56 Å². The third kappa shape index (κ3) is 6.66. The van der Waals surface area contributed by atoms with Crippen LogP contribution in [0.4, 0.5) is 16.2 Å². The Balaban J connectivity index is 1.66. The molecule has 2 aromatic carbocycles. The molecule has 9 nitrogen and oxygen atoms in total. The van der Waals surface area contributed by atoms with Crippen molar-refractivity contribution in [2.24, 2.45) is 0 Å². The van der Waals surface area contributed by atoms with E-state index in [1.807, 2.05) is 18.2 Å². The van der Waals surface area contributed by atoms with Gasteiger partial charge in [-0.25, -0.2) is 9.59 Å². The molecule has 0 radical (unpaired) electrons. The lowest BCUT2D eigenvalue weighted by molar-refractivity contribution is -0.385. The predicted octanol–water partition coefficient (Wildman–Crippen LogP) is 4.91. The summed E-state index contributed by atoms with van der Waals surface area (Å²) < 4.78 is 9.94. The van der Waals surface area contributed by atoms with Gasteiger partial charge in [0.25, 0.3) is 5.69 Å². The van der Waals surface area contributed by atoms with Crippen LogP contribution in [0.25, 0.3) is 5.57 Å². The molecule has 9 heteroatoms. The lowest BCUT2D eigenvalue weighted by Crippen LogP contribution is -2.35. The number of nitro benzene ring substituents is 1. The van der Waals surface area contributed by atoms with E-state index in [1.54, 1.807) is 6.92 Å². The average molecular weight is 482 g/mol. The summed E-state index contributed by atoms with van der Waals surface area (Å²) in [5, 5.41) is 11.5. The first-order chi connectivity index (χ1) is 17.0. The van der Waals surface area contributed by atoms with E-state index in [0.717, 1.165) is 39.6 Å². The molecule has 1 amide bonds. The number of carbonyl (C=O) groups excluding carboxylic acids is 2. The number of esters is 1. The van der Waals surface area contributed by atoms with Crippen molar-refractivity contribution < 1.29 is 24.0 Å². The van der Waals surface area contributed by atoms with Crippen LogP contribution in [0.2, 0.25) is 0 Å². The molecule has 0 fully saturated rings. The third-order valence-electron chi connectivity index (χ3n) is 5.93. The lowest BCUT2D eigenvalue weighted by Gasteiger charge is -2.27. The average Bonchev–Trinajstić information content (AvgIpc) is 2.88. The van der Waals surface area contributed by atoms with Gasteiger partial charge in [-0.3, -0.25) is 19.9 Å². The summed E-state index contributed by atoms with van der Waals surface area (Å²) in [5.41, 5.74) is 2.05. The molecule has 0 saturated carbocycles. The number of benzene rings is 2. The Bertz CT molecular complexity index is 1070. The highest BCUT2D eigenvalue weighted by molar-refractivity contribution is 6.04. The summed E-state index contributed by atoms with van der Waals surface area (Å²) in [6.07, 6.45) is 4.03. The minimum absolute atomic E-state index is 0.109. The van der Waals surface area contributed by atoms with Crippen LogP contribution in [0.1, 0.15) is 42.1 Å².